The minimum Gasteiger partial charge on any atom is -0.323 e. The number of aromatic nitrogens is 3. The van der Waals surface area contributed by atoms with Gasteiger partial charge in [0.2, 0.25) is 5.91 Å². The zero-order valence-corrected chi connectivity index (χ0v) is 10.9. The molecule has 0 radical (unpaired) electrons. The van der Waals surface area contributed by atoms with Crippen LogP contribution in [0.1, 0.15) is 12.1 Å². The number of carbonyl (C=O) groups excluding carboxylic acids is 1. The van der Waals surface area contributed by atoms with E-state index in [1.807, 2.05) is 19.1 Å². The highest BCUT2D eigenvalue weighted by Gasteiger charge is 2.09. The van der Waals surface area contributed by atoms with Crippen LogP contribution in [0.15, 0.2) is 30.7 Å². The van der Waals surface area contributed by atoms with Gasteiger partial charge in [-0.05, 0) is 24.8 Å². The Morgan fingerprint density at radius 1 is 1.56 bits per heavy atom. The van der Waals surface area contributed by atoms with Crippen molar-refractivity contribution in [2.45, 2.75) is 13.3 Å². The molecule has 6 heteroatoms. The van der Waals surface area contributed by atoms with Gasteiger partial charge in [-0.2, -0.15) is 17.7 Å². The SMILES string of the molecule is Cc1nn(-c2cccnc2)cc1NC(=O)CCS. The van der Waals surface area contributed by atoms with Crippen LogP contribution in [0.2, 0.25) is 0 Å². The molecule has 2 rings (SSSR count). The Morgan fingerprint density at radius 2 is 2.39 bits per heavy atom. The van der Waals surface area contributed by atoms with Crippen molar-refractivity contribution in [3.63, 3.8) is 0 Å². The van der Waals surface area contributed by atoms with Gasteiger partial charge in [0.25, 0.3) is 0 Å². The number of rotatable bonds is 4. The van der Waals surface area contributed by atoms with E-state index < -0.39 is 0 Å². The molecule has 5 nitrogen and oxygen atoms in total. The zero-order valence-electron chi connectivity index (χ0n) is 10.00. The summed E-state index contributed by atoms with van der Waals surface area (Å²) in [6.07, 6.45) is 5.59. The first-order valence-electron chi connectivity index (χ1n) is 5.58. The highest BCUT2D eigenvalue weighted by molar-refractivity contribution is 7.80. The molecule has 0 saturated carbocycles. The maximum absolute atomic E-state index is 11.5. The fourth-order valence-corrected chi connectivity index (χ4v) is 1.72. The molecule has 0 aromatic carbocycles. The van der Waals surface area contributed by atoms with Gasteiger partial charge < -0.3 is 5.32 Å². The van der Waals surface area contributed by atoms with Crippen molar-refractivity contribution < 1.29 is 4.79 Å². The number of anilines is 1. The second kappa shape index (κ2) is 5.68. The largest absolute Gasteiger partial charge is 0.323 e. The van der Waals surface area contributed by atoms with Crippen molar-refractivity contribution >= 4 is 24.2 Å². The Balaban J connectivity index is 2.20. The van der Waals surface area contributed by atoms with Crippen LogP contribution >= 0.6 is 12.6 Å². The van der Waals surface area contributed by atoms with Gasteiger partial charge in [0.05, 0.1) is 29.5 Å². The molecule has 1 N–H and O–H groups in total. The number of thiol groups is 1. The predicted octanol–water partition coefficient (Wildman–Crippen LogP) is 1.83. The molecule has 0 bridgehead atoms. The second-order valence-electron chi connectivity index (χ2n) is 3.81. The first-order valence-corrected chi connectivity index (χ1v) is 6.21. The van der Waals surface area contributed by atoms with Crippen LogP contribution in [-0.4, -0.2) is 26.4 Å². The maximum Gasteiger partial charge on any atom is 0.225 e. The Morgan fingerprint density at radius 3 is 3.06 bits per heavy atom. The van der Waals surface area contributed by atoms with E-state index >= 15 is 0 Å². The van der Waals surface area contributed by atoms with Crippen molar-refractivity contribution in [3.8, 4) is 5.69 Å². The Bertz CT molecular complexity index is 538. The summed E-state index contributed by atoms with van der Waals surface area (Å²) in [6.45, 7) is 1.85. The number of hydrogen-bond acceptors (Lipinski definition) is 4. The van der Waals surface area contributed by atoms with Gasteiger partial charge in [0.1, 0.15) is 0 Å². The summed E-state index contributed by atoms with van der Waals surface area (Å²) in [4.78, 5) is 15.5. The molecule has 1 amide bonds. The number of carbonyl (C=O) groups is 1. The average Bonchev–Trinajstić information content (AvgIpc) is 2.72. The Labute approximate surface area is 111 Å². The van der Waals surface area contributed by atoms with E-state index in [0.717, 1.165) is 11.4 Å². The molecule has 0 fully saturated rings. The average molecular weight is 262 g/mol. The summed E-state index contributed by atoms with van der Waals surface area (Å²) < 4.78 is 1.69. The standard InChI is InChI=1S/C12H14N4OS/c1-9-11(14-12(17)4-6-18)8-16(15-9)10-3-2-5-13-7-10/h2-3,5,7-8,18H,4,6H2,1H3,(H,14,17). The zero-order chi connectivity index (χ0) is 13.0. The molecular formula is C12H14N4OS. The molecule has 0 spiro atoms. The number of nitrogens with one attached hydrogen (secondary N) is 1. The lowest BCUT2D eigenvalue weighted by atomic mass is 10.3. The van der Waals surface area contributed by atoms with Gasteiger partial charge in [-0.25, -0.2) is 4.68 Å². The van der Waals surface area contributed by atoms with Crippen LogP contribution < -0.4 is 5.32 Å². The summed E-state index contributed by atoms with van der Waals surface area (Å²) in [5.41, 5.74) is 2.34. The fourth-order valence-electron chi connectivity index (χ4n) is 1.52. The predicted molar refractivity (Wildman–Crippen MR) is 73.2 cm³/mol. The Hall–Kier alpha value is -1.82. The molecule has 0 atom stereocenters. The van der Waals surface area contributed by atoms with Crippen LogP contribution in [0.25, 0.3) is 5.69 Å². The highest BCUT2D eigenvalue weighted by Crippen LogP contribution is 2.16. The first kappa shape index (κ1) is 12.6. The summed E-state index contributed by atoms with van der Waals surface area (Å²) >= 11 is 4.02. The maximum atomic E-state index is 11.5. The van der Waals surface area contributed by atoms with Crippen LogP contribution in [0.3, 0.4) is 0 Å². The molecule has 0 aliphatic carbocycles. The monoisotopic (exact) mass is 262 g/mol. The van der Waals surface area contributed by atoms with E-state index in [1.54, 1.807) is 23.3 Å². The Kier molecular flexibility index (Phi) is 3.99. The third kappa shape index (κ3) is 2.89. The van der Waals surface area contributed by atoms with E-state index in [-0.39, 0.29) is 5.91 Å². The highest BCUT2D eigenvalue weighted by atomic mass is 32.1. The molecule has 2 aromatic heterocycles. The van der Waals surface area contributed by atoms with Crippen LogP contribution in [-0.2, 0) is 4.79 Å². The number of hydrogen-bond donors (Lipinski definition) is 2. The van der Waals surface area contributed by atoms with Gasteiger partial charge in [-0.3, -0.25) is 9.78 Å². The van der Waals surface area contributed by atoms with Gasteiger partial charge in [0.15, 0.2) is 0 Å². The third-order valence-corrected chi connectivity index (χ3v) is 2.65. The molecule has 0 unspecified atom stereocenters. The molecule has 18 heavy (non-hydrogen) atoms. The molecule has 0 aliphatic rings. The van der Waals surface area contributed by atoms with E-state index in [2.05, 4.69) is 28.0 Å². The van der Waals surface area contributed by atoms with Gasteiger partial charge >= 0.3 is 0 Å². The van der Waals surface area contributed by atoms with Gasteiger partial charge in [0, 0.05) is 12.6 Å². The normalized spacial score (nSPS) is 10.3. The molecule has 0 saturated heterocycles. The van der Waals surface area contributed by atoms with Crippen molar-refractivity contribution in [3.05, 3.63) is 36.4 Å². The van der Waals surface area contributed by atoms with Crippen molar-refractivity contribution in [1.82, 2.24) is 14.8 Å². The minimum absolute atomic E-state index is 0.0566. The first-order chi connectivity index (χ1) is 8.70. The summed E-state index contributed by atoms with van der Waals surface area (Å²) in [5.74, 6) is 0.473. The van der Waals surface area contributed by atoms with E-state index in [1.165, 1.54) is 0 Å². The molecule has 2 aromatic rings. The minimum atomic E-state index is -0.0566. The molecule has 2 heterocycles. The van der Waals surface area contributed by atoms with Crippen LogP contribution in [0.5, 0.6) is 0 Å². The summed E-state index contributed by atoms with van der Waals surface area (Å²) in [5, 5.41) is 7.15. The van der Waals surface area contributed by atoms with Crippen LogP contribution in [0, 0.1) is 6.92 Å². The van der Waals surface area contributed by atoms with Crippen molar-refractivity contribution in [2.75, 3.05) is 11.1 Å². The third-order valence-electron chi connectivity index (χ3n) is 2.42. The lowest BCUT2D eigenvalue weighted by molar-refractivity contribution is -0.115. The van der Waals surface area contributed by atoms with Gasteiger partial charge in [-0.1, -0.05) is 0 Å². The van der Waals surface area contributed by atoms with Crippen LogP contribution in [0.4, 0.5) is 5.69 Å². The summed E-state index contributed by atoms with van der Waals surface area (Å²) in [7, 11) is 0. The molecule has 94 valence electrons. The number of pyridine rings is 1. The van der Waals surface area contributed by atoms with Crippen molar-refractivity contribution in [2.24, 2.45) is 0 Å². The second-order valence-corrected chi connectivity index (χ2v) is 4.25. The van der Waals surface area contributed by atoms with E-state index in [9.17, 15) is 4.79 Å². The smallest absolute Gasteiger partial charge is 0.225 e. The quantitative estimate of drug-likeness (QED) is 0.826. The lowest BCUT2D eigenvalue weighted by Gasteiger charge is -2.01. The van der Waals surface area contributed by atoms with Gasteiger partial charge in [-0.15, -0.1) is 0 Å². The molecular weight excluding hydrogens is 248 g/mol. The topological polar surface area (TPSA) is 59.8 Å². The van der Waals surface area contributed by atoms with Crippen molar-refractivity contribution in [1.29, 1.82) is 0 Å². The summed E-state index contributed by atoms with van der Waals surface area (Å²) in [6, 6.07) is 3.74. The van der Waals surface area contributed by atoms with E-state index in [4.69, 9.17) is 0 Å². The fraction of sp³-hybridized carbons (Fsp3) is 0.250. The number of aryl methyl sites for hydroxylation is 1. The number of amides is 1. The van der Waals surface area contributed by atoms with E-state index in [0.29, 0.717) is 17.9 Å². The lowest BCUT2D eigenvalue weighted by Crippen LogP contribution is -2.11. The number of nitrogens with zero attached hydrogens (tertiary/aromatic N) is 3. The molecule has 0 aliphatic heterocycles.